The lowest BCUT2D eigenvalue weighted by Crippen LogP contribution is -2.37. The monoisotopic (exact) mass is 249 g/mol. The first-order valence-corrected chi connectivity index (χ1v) is 5.62. The topological polar surface area (TPSA) is 64.9 Å². The van der Waals surface area contributed by atoms with Crippen molar-refractivity contribution in [2.24, 2.45) is 5.73 Å². The van der Waals surface area contributed by atoms with Crippen LogP contribution in [0.15, 0.2) is 4.52 Å². The van der Waals surface area contributed by atoms with E-state index < -0.39 is 17.6 Å². The van der Waals surface area contributed by atoms with Crippen molar-refractivity contribution >= 4 is 0 Å². The SMILES string of the molecule is NC1(c2noc(C(F)(F)F)n2)CCCCCC1. The summed E-state index contributed by atoms with van der Waals surface area (Å²) in [5, 5.41) is 3.39. The quantitative estimate of drug-likeness (QED) is 0.777. The average Bonchev–Trinajstić information content (AvgIpc) is 2.64. The number of alkyl halides is 3. The number of halogens is 3. The van der Waals surface area contributed by atoms with Gasteiger partial charge in [-0.2, -0.15) is 18.2 Å². The molecular formula is C10H14F3N3O. The molecule has 1 aliphatic carbocycles. The molecule has 2 N–H and O–H groups in total. The predicted octanol–water partition coefficient (Wildman–Crippen LogP) is 2.60. The van der Waals surface area contributed by atoms with E-state index in [1.165, 1.54) is 0 Å². The second kappa shape index (κ2) is 4.29. The van der Waals surface area contributed by atoms with Crippen molar-refractivity contribution in [3.05, 3.63) is 11.7 Å². The Kier molecular flexibility index (Phi) is 3.11. The van der Waals surface area contributed by atoms with Gasteiger partial charge < -0.3 is 10.3 Å². The Labute approximate surface area is 96.4 Å². The lowest BCUT2D eigenvalue weighted by Gasteiger charge is -2.23. The fourth-order valence-electron chi connectivity index (χ4n) is 2.12. The molecule has 1 heterocycles. The average molecular weight is 249 g/mol. The Hall–Kier alpha value is -1.11. The fraction of sp³-hybridized carbons (Fsp3) is 0.800. The van der Waals surface area contributed by atoms with Crippen LogP contribution in [-0.4, -0.2) is 10.1 Å². The van der Waals surface area contributed by atoms with Gasteiger partial charge in [0, 0.05) is 0 Å². The highest BCUT2D eigenvalue weighted by Crippen LogP contribution is 2.34. The van der Waals surface area contributed by atoms with Crippen LogP contribution in [0.2, 0.25) is 0 Å². The third-order valence-electron chi connectivity index (χ3n) is 3.11. The Morgan fingerprint density at radius 1 is 1.12 bits per heavy atom. The van der Waals surface area contributed by atoms with Crippen LogP contribution in [0.1, 0.15) is 50.2 Å². The molecule has 0 radical (unpaired) electrons. The first-order chi connectivity index (χ1) is 7.92. The van der Waals surface area contributed by atoms with Crippen LogP contribution in [-0.2, 0) is 11.7 Å². The van der Waals surface area contributed by atoms with Crippen LogP contribution in [0.25, 0.3) is 0 Å². The van der Waals surface area contributed by atoms with Crippen molar-refractivity contribution in [3.8, 4) is 0 Å². The molecule has 96 valence electrons. The van der Waals surface area contributed by atoms with E-state index in [1.54, 1.807) is 0 Å². The summed E-state index contributed by atoms with van der Waals surface area (Å²) in [6.07, 6.45) is 0.449. The maximum atomic E-state index is 12.3. The zero-order valence-electron chi connectivity index (χ0n) is 9.26. The van der Waals surface area contributed by atoms with Crippen molar-refractivity contribution in [2.75, 3.05) is 0 Å². The second-order valence-electron chi connectivity index (χ2n) is 4.49. The maximum Gasteiger partial charge on any atom is 0.471 e. The molecule has 7 heteroatoms. The molecule has 0 bridgehead atoms. The van der Waals surface area contributed by atoms with Gasteiger partial charge >= 0.3 is 12.1 Å². The lowest BCUT2D eigenvalue weighted by atomic mass is 9.91. The number of nitrogens with zero attached hydrogens (tertiary/aromatic N) is 2. The molecule has 1 aliphatic rings. The summed E-state index contributed by atoms with van der Waals surface area (Å²) in [6, 6.07) is 0. The molecule has 17 heavy (non-hydrogen) atoms. The second-order valence-corrected chi connectivity index (χ2v) is 4.49. The van der Waals surface area contributed by atoms with Crippen molar-refractivity contribution in [1.82, 2.24) is 10.1 Å². The summed E-state index contributed by atoms with van der Waals surface area (Å²) in [5.74, 6) is -1.34. The molecule has 1 aromatic heterocycles. The molecule has 0 aromatic carbocycles. The molecule has 0 spiro atoms. The molecule has 0 unspecified atom stereocenters. The van der Waals surface area contributed by atoms with Crippen LogP contribution in [0, 0.1) is 0 Å². The molecule has 1 saturated carbocycles. The molecule has 0 atom stereocenters. The molecule has 4 nitrogen and oxygen atoms in total. The summed E-state index contributed by atoms with van der Waals surface area (Å²) in [6.45, 7) is 0. The number of hydrogen-bond acceptors (Lipinski definition) is 4. The number of nitrogens with two attached hydrogens (primary N) is 1. The smallest absolute Gasteiger partial charge is 0.329 e. The van der Waals surface area contributed by atoms with Crippen LogP contribution in [0.4, 0.5) is 13.2 Å². The van der Waals surface area contributed by atoms with E-state index in [-0.39, 0.29) is 5.82 Å². The van der Waals surface area contributed by atoms with Gasteiger partial charge in [-0.15, -0.1) is 0 Å². The highest BCUT2D eigenvalue weighted by Gasteiger charge is 2.41. The molecule has 0 saturated heterocycles. The van der Waals surface area contributed by atoms with Crippen LogP contribution >= 0.6 is 0 Å². The van der Waals surface area contributed by atoms with Crippen LogP contribution < -0.4 is 5.73 Å². The summed E-state index contributed by atoms with van der Waals surface area (Å²) in [5.41, 5.74) is 5.21. The lowest BCUT2D eigenvalue weighted by molar-refractivity contribution is -0.159. The normalized spacial score (nSPS) is 21.2. The zero-order valence-corrected chi connectivity index (χ0v) is 9.26. The van der Waals surface area contributed by atoms with E-state index in [2.05, 4.69) is 14.7 Å². The van der Waals surface area contributed by atoms with Crippen molar-refractivity contribution in [2.45, 2.75) is 50.2 Å². The Balaban J connectivity index is 2.23. The minimum atomic E-state index is -4.60. The molecule has 1 fully saturated rings. The van der Waals surface area contributed by atoms with Gasteiger partial charge in [0.25, 0.3) is 0 Å². The summed E-state index contributed by atoms with van der Waals surface area (Å²) < 4.78 is 41.2. The van der Waals surface area contributed by atoms with Gasteiger partial charge in [-0.1, -0.05) is 30.8 Å². The third-order valence-corrected chi connectivity index (χ3v) is 3.11. The van der Waals surface area contributed by atoms with Gasteiger partial charge in [0.05, 0.1) is 5.54 Å². The Morgan fingerprint density at radius 2 is 1.71 bits per heavy atom. The number of aromatic nitrogens is 2. The minimum absolute atomic E-state index is 0.0216. The molecule has 1 aromatic rings. The first-order valence-electron chi connectivity index (χ1n) is 5.62. The third kappa shape index (κ3) is 2.59. The van der Waals surface area contributed by atoms with E-state index >= 15 is 0 Å². The van der Waals surface area contributed by atoms with E-state index in [0.29, 0.717) is 12.8 Å². The zero-order chi connectivity index (χ0) is 12.5. The van der Waals surface area contributed by atoms with Gasteiger partial charge in [0.15, 0.2) is 5.82 Å². The summed E-state index contributed by atoms with van der Waals surface area (Å²) >= 11 is 0. The van der Waals surface area contributed by atoms with Crippen LogP contribution in [0.5, 0.6) is 0 Å². The molecule has 0 aliphatic heterocycles. The molecule has 2 rings (SSSR count). The van der Waals surface area contributed by atoms with Crippen molar-refractivity contribution in [1.29, 1.82) is 0 Å². The highest BCUT2D eigenvalue weighted by molar-refractivity contribution is 5.05. The summed E-state index contributed by atoms with van der Waals surface area (Å²) in [7, 11) is 0. The fourth-order valence-corrected chi connectivity index (χ4v) is 2.12. The molecule has 0 amide bonds. The highest BCUT2D eigenvalue weighted by atomic mass is 19.4. The molecular weight excluding hydrogens is 235 g/mol. The van der Waals surface area contributed by atoms with Gasteiger partial charge in [-0.25, -0.2) is 0 Å². The minimum Gasteiger partial charge on any atom is -0.329 e. The van der Waals surface area contributed by atoms with Crippen molar-refractivity contribution < 1.29 is 17.7 Å². The van der Waals surface area contributed by atoms with E-state index in [0.717, 1.165) is 25.7 Å². The van der Waals surface area contributed by atoms with Gasteiger partial charge in [0.2, 0.25) is 0 Å². The standard InChI is InChI=1S/C10H14F3N3O/c11-10(12,13)8-15-7(16-17-8)9(14)5-3-1-2-4-6-9/h1-6,14H2. The van der Waals surface area contributed by atoms with E-state index in [9.17, 15) is 13.2 Å². The van der Waals surface area contributed by atoms with Gasteiger partial charge in [-0.05, 0) is 12.8 Å². The predicted molar refractivity (Wildman–Crippen MR) is 52.9 cm³/mol. The Bertz CT molecular complexity index is 380. The van der Waals surface area contributed by atoms with Crippen molar-refractivity contribution in [3.63, 3.8) is 0 Å². The van der Waals surface area contributed by atoms with E-state index in [1.807, 2.05) is 0 Å². The van der Waals surface area contributed by atoms with Gasteiger partial charge in [0.1, 0.15) is 0 Å². The number of rotatable bonds is 1. The van der Waals surface area contributed by atoms with Gasteiger partial charge in [-0.3, -0.25) is 0 Å². The van der Waals surface area contributed by atoms with Crippen LogP contribution in [0.3, 0.4) is 0 Å². The van der Waals surface area contributed by atoms with E-state index in [4.69, 9.17) is 5.73 Å². The number of hydrogen-bond donors (Lipinski definition) is 1. The Morgan fingerprint density at radius 3 is 2.18 bits per heavy atom. The summed E-state index contributed by atoms with van der Waals surface area (Å²) in [4.78, 5) is 3.39. The first kappa shape index (κ1) is 12.3. The maximum absolute atomic E-state index is 12.3. The largest absolute Gasteiger partial charge is 0.471 e.